The third kappa shape index (κ3) is 3.21. The molecule has 0 unspecified atom stereocenters. The summed E-state index contributed by atoms with van der Waals surface area (Å²) in [6.07, 6.45) is 0. The summed E-state index contributed by atoms with van der Waals surface area (Å²) in [5.74, 6) is 1.38. The zero-order valence-corrected chi connectivity index (χ0v) is 17.8. The van der Waals surface area contributed by atoms with E-state index >= 15 is 0 Å². The van der Waals surface area contributed by atoms with Crippen molar-refractivity contribution in [3.8, 4) is 33.8 Å². The van der Waals surface area contributed by atoms with Gasteiger partial charge in [-0.15, -0.1) is 0 Å². The van der Waals surface area contributed by atoms with Gasteiger partial charge in [0.25, 0.3) is 0 Å². The summed E-state index contributed by atoms with van der Waals surface area (Å²) in [7, 11) is 0. The van der Waals surface area contributed by atoms with Gasteiger partial charge in [0.15, 0.2) is 11.7 Å². The van der Waals surface area contributed by atoms with Gasteiger partial charge in [0, 0.05) is 28.4 Å². The van der Waals surface area contributed by atoms with E-state index in [0.29, 0.717) is 10.9 Å². The fraction of sp³-hybridized carbons (Fsp3) is 0.115. The molecule has 3 nitrogen and oxygen atoms in total. The molecule has 0 bridgehead atoms. The molecule has 148 valence electrons. The van der Waals surface area contributed by atoms with E-state index in [2.05, 4.69) is 67.4 Å². The van der Waals surface area contributed by atoms with Crippen LogP contribution in [-0.2, 0) is 0 Å². The topological polar surface area (TPSA) is 41.8 Å². The lowest BCUT2D eigenvalue weighted by atomic mass is 9.99. The molecule has 5 aromatic rings. The van der Waals surface area contributed by atoms with Crippen LogP contribution in [0.3, 0.4) is 0 Å². The summed E-state index contributed by atoms with van der Waals surface area (Å²) in [6.45, 7) is 6.05. The smallest absolute Gasteiger partial charge is 0.192 e. The average Bonchev–Trinajstić information content (AvgIpc) is 3.29. The lowest BCUT2D eigenvalue weighted by Gasteiger charge is -2.06. The third-order valence-electron chi connectivity index (χ3n) is 5.39. The van der Waals surface area contributed by atoms with Crippen LogP contribution < -0.4 is 0 Å². The zero-order valence-electron chi connectivity index (χ0n) is 17.1. The molecular weight excluding hydrogens is 392 g/mol. The Balaban J connectivity index is 1.83. The molecule has 2 aromatic heterocycles. The van der Waals surface area contributed by atoms with E-state index in [1.54, 1.807) is 0 Å². The molecule has 0 fully saturated rings. The Kier molecular flexibility index (Phi) is 4.48. The molecule has 5 rings (SSSR count). The summed E-state index contributed by atoms with van der Waals surface area (Å²) < 4.78 is 6.20. The molecule has 0 radical (unpaired) electrons. The Morgan fingerprint density at radius 1 is 0.800 bits per heavy atom. The van der Waals surface area contributed by atoms with E-state index in [1.165, 1.54) is 11.1 Å². The lowest BCUT2D eigenvalue weighted by Crippen LogP contribution is -1.86. The predicted octanol–water partition coefficient (Wildman–Crippen LogP) is 7.74. The predicted molar refractivity (Wildman–Crippen MR) is 124 cm³/mol. The summed E-state index contributed by atoms with van der Waals surface area (Å²) in [5.41, 5.74) is 8.36. The van der Waals surface area contributed by atoms with E-state index in [9.17, 15) is 0 Å². The molecule has 0 aliphatic rings. The van der Waals surface area contributed by atoms with Crippen LogP contribution in [0, 0.1) is 20.8 Å². The highest BCUT2D eigenvalue weighted by molar-refractivity contribution is 6.31. The average molecular weight is 413 g/mol. The number of aryl methyl sites for hydroxylation is 3. The fourth-order valence-electron chi connectivity index (χ4n) is 3.84. The van der Waals surface area contributed by atoms with E-state index in [4.69, 9.17) is 21.0 Å². The Labute approximate surface area is 180 Å². The number of hydrogen-bond acceptors (Lipinski definition) is 2. The van der Waals surface area contributed by atoms with E-state index < -0.39 is 0 Å². The number of halogens is 1. The van der Waals surface area contributed by atoms with Crippen molar-refractivity contribution in [1.82, 2.24) is 9.97 Å². The fourth-order valence-corrected chi connectivity index (χ4v) is 4.01. The van der Waals surface area contributed by atoms with Gasteiger partial charge in [-0.25, -0.2) is 4.98 Å². The van der Waals surface area contributed by atoms with Crippen LogP contribution in [-0.4, -0.2) is 9.97 Å². The van der Waals surface area contributed by atoms with Crippen LogP contribution in [0.25, 0.3) is 44.7 Å². The molecule has 3 aromatic carbocycles. The number of nitrogens with zero attached hydrogens (tertiary/aromatic N) is 1. The Morgan fingerprint density at radius 2 is 1.43 bits per heavy atom. The van der Waals surface area contributed by atoms with Crippen LogP contribution in [0.15, 0.2) is 71.1 Å². The van der Waals surface area contributed by atoms with Crippen molar-refractivity contribution in [3.63, 3.8) is 0 Å². The van der Waals surface area contributed by atoms with Gasteiger partial charge in [-0.05, 0) is 37.6 Å². The minimum atomic E-state index is 0.631. The van der Waals surface area contributed by atoms with Crippen molar-refractivity contribution in [1.29, 1.82) is 0 Å². The van der Waals surface area contributed by atoms with Crippen LogP contribution >= 0.6 is 11.6 Å². The van der Waals surface area contributed by atoms with Crippen LogP contribution in [0.4, 0.5) is 0 Å². The van der Waals surface area contributed by atoms with Crippen molar-refractivity contribution < 1.29 is 4.42 Å². The zero-order chi connectivity index (χ0) is 20.8. The number of benzene rings is 3. The van der Waals surface area contributed by atoms with Gasteiger partial charge in [0.2, 0.25) is 0 Å². The second-order valence-electron chi connectivity index (χ2n) is 7.71. The van der Waals surface area contributed by atoms with E-state index in [0.717, 1.165) is 44.7 Å². The maximum Gasteiger partial charge on any atom is 0.192 e. The highest BCUT2D eigenvalue weighted by Crippen LogP contribution is 2.43. The first-order valence-corrected chi connectivity index (χ1v) is 10.3. The molecule has 0 atom stereocenters. The number of aromatic nitrogens is 2. The molecule has 4 heteroatoms. The summed E-state index contributed by atoms with van der Waals surface area (Å²) >= 11 is 6.37. The Morgan fingerprint density at radius 3 is 2.10 bits per heavy atom. The molecule has 0 aliphatic heterocycles. The summed E-state index contributed by atoms with van der Waals surface area (Å²) in [4.78, 5) is 8.31. The number of H-pyrrole nitrogens is 1. The van der Waals surface area contributed by atoms with Crippen LogP contribution in [0.5, 0.6) is 0 Å². The minimum absolute atomic E-state index is 0.631. The summed E-state index contributed by atoms with van der Waals surface area (Å²) in [5, 5.41) is 1.70. The standard InChI is InChI=1S/C26H21ClN2O/c1-15-4-8-18(9-5-15)24-23(21-14-20(27)12-13-22(21)29-24)26-25(28-17(3)30-26)19-10-6-16(2)7-11-19/h4-14,29H,1-3H3. The van der Waals surface area contributed by atoms with Crippen molar-refractivity contribution >= 4 is 22.5 Å². The molecule has 0 spiro atoms. The quantitative estimate of drug-likeness (QED) is 0.329. The summed E-state index contributed by atoms with van der Waals surface area (Å²) in [6, 6.07) is 22.7. The third-order valence-corrected chi connectivity index (χ3v) is 5.62. The van der Waals surface area contributed by atoms with Crippen molar-refractivity contribution in [2.75, 3.05) is 0 Å². The van der Waals surface area contributed by atoms with Crippen molar-refractivity contribution in [2.45, 2.75) is 20.8 Å². The van der Waals surface area contributed by atoms with Crippen molar-refractivity contribution in [3.05, 3.63) is 88.8 Å². The van der Waals surface area contributed by atoms with Gasteiger partial charge >= 0.3 is 0 Å². The monoisotopic (exact) mass is 412 g/mol. The van der Waals surface area contributed by atoms with Crippen LogP contribution in [0.2, 0.25) is 5.02 Å². The number of fused-ring (bicyclic) bond motifs is 1. The van der Waals surface area contributed by atoms with Gasteiger partial charge in [0.05, 0.1) is 11.3 Å². The Bertz CT molecular complexity index is 1360. The maximum absolute atomic E-state index is 6.37. The number of rotatable bonds is 3. The van der Waals surface area contributed by atoms with Gasteiger partial charge in [-0.1, -0.05) is 71.3 Å². The molecule has 0 saturated carbocycles. The van der Waals surface area contributed by atoms with E-state index in [-0.39, 0.29) is 0 Å². The lowest BCUT2D eigenvalue weighted by molar-refractivity contribution is 0.535. The highest BCUT2D eigenvalue weighted by atomic mass is 35.5. The van der Waals surface area contributed by atoms with Crippen LogP contribution in [0.1, 0.15) is 17.0 Å². The minimum Gasteiger partial charge on any atom is -0.440 e. The maximum atomic E-state index is 6.37. The Hall–Kier alpha value is -3.30. The number of hydrogen-bond donors (Lipinski definition) is 1. The first kappa shape index (κ1) is 18.7. The molecule has 2 heterocycles. The van der Waals surface area contributed by atoms with Gasteiger partial charge in [0.1, 0.15) is 5.69 Å². The van der Waals surface area contributed by atoms with Gasteiger partial charge in [-0.3, -0.25) is 0 Å². The molecule has 30 heavy (non-hydrogen) atoms. The molecule has 0 aliphatic carbocycles. The molecule has 1 N–H and O–H groups in total. The first-order chi connectivity index (χ1) is 14.5. The number of aromatic amines is 1. The van der Waals surface area contributed by atoms with Crippen molar-refractivity contribution in [2.24, 2.45) is 0 Å². The number of oxazole rings is 1. The van der Waals surface area contributed by atoms with Gasteiger partial charge in [-0.2, -0.15) is 0 Å². The van der Waals surface area contributed by atoms with E-state index in [1.807, 2.05) is 25.1 Å². The second kappa shape index (κ2) is 7.19. The normalized spacial score (nSPS) is 11.3. The molecular formula is C26H21ClN2O. The number of nitrogens with one attached hydrogen (secondary N) is 1. The largest absolute Gasteiger partial charge is 0.440 e. The first-order valence-electron chi connectivity index (χ1n) is 9.93. The van der Waals surface area contributed by atoms with Gasteiger partial charge < -0.3 is 9.40 Å². The SMILES string of the molecule is Cc1ccc(-c2nc(C)oc2-c2c(-c3ccc(C)cc3)[nH]c3ccc(Cl)cc23)cc1. The molecule has 0 saturated heterocycles. The second-order valence-corrected chi connectivity index (χ2v) is 8.14. The highest BCUT2D eigenvalue weighted by Gasteiger charge is 2.23. The molecule has 0 amide bonds.